The van der Waals surface area contributed by atoms with Crippen LogP contribution < -0.4 is 10.2 Å². The zero-order valence-electron chi connectivity index (χ0n) is 13.6. The number of halogens is 1. The molecule has 8 heteroatoms. The van der Waals surface area contributed by atoms with Crippen molar-refractivity contribution in [3.63, 3.8) is 0 Å². The van der Waals surface area contributed by atoms with Gasteiger partial charge in [-0.05, 0) is 13.0 Å². The Morgan fingerprint density at radius 2 is 2.12 bits per heavy atom. The van der Waals surface area contributed by atoms with E-state index < -0.39 is 5.97 Å². The predicted molar refractivity (Wildman–Crippen MR) is 85.6 cm³/mol. The van der Waals surface area contributed by atoms with Gasteiger partial charge in [0.25, 0.3) is 5.88 Å². The first kappa shape index (κ1) is 17.9. The number of rotatable bonds is 6. The van der Waals surface area contributed by atoms with Crippen LogP contribution in [0.3, 0.4) is 0 Å². The molecule has 0 saturated carbocycles. The lowest BCUT2D eigenvalue weighted by Crippen LogP contribution is -2.22. The average molecular weight is 356 g/mol. The van der Waals surface area contributed by atoms with Gasteiger partial charge in [-0.1, -0.05) is 18.5 Å². The number of carbonyl (C=O) groups is 2. The zero-order chi connectivity index (χ0) is 17.9. The maximum absolute atomic E-state index is 11.9. The van der Waals surface area contributed by atoms with Crippen molar-refractivity contribution < 1.29 is 29.0 Å². The molecule has 2 rings (SSSR count). The van der Waals surface area contributed by atoms with Crippen molar-refractivity contribution in [3.8, 4) is 11.5 Å². The number of hydrogen-bond donors (Lipinski definition) is 2. The van der Waals surface area contributed by atoms with Crippen LogP contribution in [0.15, 0.2) is 17.7 Å². The van der Waals surface area contributed by atoms with Crippen LogP contribution in [0.4, 0.5) is 0 Å². The highest BCUT2D eigenvalue weighted by Gasteiger charge is 2.29. The predicted octanol–water partition coefficient (Wildman–Crippen LogP) is 2.85. The number of fused-ring (bicyclic) bond motifs is 1. The van der Waals surface area contributed by atoms with Crippen LogP contribution in [0, 0.1) is 0 Å². The molecular formula is C16H18ClNO6. The quantitative estimate of drug-likeness (QED) is 0.460. The molecule has 2 N–H and O–H groups in total. The standard InChI is InChI=1S/C16H18ClNO6/c1-4-11(20)10-6-9-7-12(23-15(9)13(17)14(10)21)16(22-5-2)18-24-8(3)19/h6,18,21H,4-5,7H2,1-3H3. The monoisotopic (exact) mass is 355 g/mol. The third-order valence-corrected chi connectivity index (χ3v) is 3.65. The molecule has 0 unspecified atom stereocenters. The maximum atomic E-state index is 11.9. The topological polar surface area (TPSA) is 94.1 Å². The van der Waals surface area contributed by atoms with E-state index in [2.05, 4.69) is 5.48 Å². The Labute approximate surface area is 144 Å². The Morgan fingerprint density at radius 3 is 2.71 bits per heavy atom. The van der Waals surface area contributed by atoms with Crippen LogP contribution in [0.2, 0.25) is 5.02 Å². The van der Waals surface area contributed by atoms with E-state index in [1.165, 1.54) is 6.92 Å². The summed E-state index contributed by atoms with van der Waals surface area (Å²) in [5, 5.41) is 10.1. The SMILES string of the molecule is CCOC(NOC(C)=O)=C1Cc2cc(C(=O)CC)c(O)c(Cl)c2O1. The summed E-state index contributed by atoms with van der Waals surface area (Å²) in [6.07, 6.45) is 0.507. The minimum absolute atomic E-state index is 0.0392. The first-order valence-corrected chi connectivity index (χ1v) is 7.81. The Hall–Kier alpha value is -2.41. The fourth-order valence-corrected chi connectivity index (χ4v) is 2.47. The molecule has 130 valence electrons. The molecule has 1 aliphatic heterocycles. The maximum Gasteiger partial charge on any atom is 0.329 e. The van der Waals surface area contributed by atoms with Crippen LogP contribution in [0.1, 0.15) is 43.1 Å². The second-order valence-electron chi connectivity index (χ2n) is 5.01. The number of carbonyl (C=O) groups excluding carboxylic acids is 2. The molecule has 0 amide bonds. The first-order valence-electron chi connectivity index (χ1n) is 7.43. The van der Waals surface area contributed by atoms with Crippen LogP contribution in [-0.2, 0) is 20.8 Å². The Bertz CT molecular complexity index is 713. The largest absolute Gasteiger partial charge is 0.505 e. The van der Waals surface area contributed by atoms with Crippen molar-refractivity contribution in [1.82, 2.24) is 5.48 Å². The second-order valence-corrected chi connectivity index (χ2v) is 5.39. The number of aromatic hydroxyl groups is 1. The van der Waals surface area contributed by atoms with Crippen molar-refractivity contribution in [1.29, 1.82) is 0 Å². The number of hydrogen-bond acceptors (Lipinski definition) is 7. The van der Waals surface area contributed by atoms with E-state index in [1.807, 2.05) is 0 Å². The summed E-state index contributed by atoms with van der Waals surface area (Å²) in [7, 11) is 0. The molecule has 0 bridgehead atoms. The molecule has 0 atom stereocenters. The van der Waals surface area contributed by atoms with Gasteiger partial charge < -0.3 is 19.4 Å². The third-order valence-electron chi connectivity index (χ3n) is 3.30. The van der Waals surface area contributed by atoms with E-state index >= 15 is 0 Å². The summed E-state index contributed by atoms with van der Waals surface area (Å²) in [5.74, 6) is -0.376. The van der Waals surface area contributed by atoms with Crippen LogP contribution in [0.25, 0.3) is 0 Å². The number of nitrogens with one attached hydrogen (secondary N) is 1. The molecule has 1 heterocycles. The fraction of sp³-hybridized carbons (Fsp3) is 0.375. The molecule has 0 fully saturated rings. The number of ether oxygens (including phenoxy) is 2. The summed E-state index contributed by atoms with van der Waals surface area (Å²) < 4.78 is 11.0. The molecule has 0 spiro atoms. The van der Waals surface area contributed by atoms with Gasteiger partial charge in [0.2, 0.25) is 0 Å². The molecule has 7 nitrogen and oxygen atoms in total. The molecule has 0 radical (unpaired) electrons. The van der Waals surface area contributed by atoms with Gasteiger partial charge in [-0.15, -0.1) is 0 Å². The minimum atomic E-state index is -0.546. The molecule has 1 aliphatic rings. The van der Waals surface area contributed by atoms with Crippen molar-refractivity contribution in [2.24, 2.45) is 0 Å². The van der Waals surface area contributed by atoms with E-state index in [-0.39, 0.29) is 46.6 Å². The van der Waals surface area contributed by atoms with Gasteiger partial charge in [-0.25, -0.2) is 0 Å². The van der Waals surface area contributed by atoms with E-state index in [0.29, 0.717) is 17.9 Å². The fourth-order valence-electron chi connectivity index (χ4n) is 2.21. The lowest BCUT2D eigenvalue weighted by molar-refractivity contribution is -0.149. The summed E-state index contributed by atoms with van der Waals surface area (Å²) in [6, 6.07) is 1.55. The Kier molecular flexibility index (Phi) is 5.56. The highest BCUT2D eigenvalue weighted by atomic mass is 35.5. The number of benzene rings is 1. The number of ketones is 1. The average Bonchev–Trinajstić information content (AvgIpc) is 2.98. The summed E-state index contributed by atoms with van der Waals surface area (Å²) in [5.41, 5.74) is 3.17. The van der Waals surface area contributed by atoms with Crippen molar-refractivity contribution >= 4 is 23.4 Å². The Balaban J connectivity index is 2.39. The Morgan fingerprint density at radius 1 is 1.42 bits per heavy atom. The van der Waals surface area contributed by atoms with Gasteiger partial charge in [0.15, 0.2) is 17.3 Å². The van der Waals surface area contributed by atoms with Crippen LogP contribution >= 0.6 is 11.6 Å². The van der Waals surface area contributed by atoms with Crippen molar-refractivity contribution in [2.45, 2.75) is 33.6 Å². The molecule has 0 saturated heterocycles. The van der Waals surface area contributed by atoms with Crippen LogP contribution in [0.5, 0.6) is 11.5 Å². The summed E-state index contributed by atoms with van der Waals surface area (Å²) in [4.78, 5) is 27.6. The van der Waals surface area contributed by atoms with Gasteiger partial charge in [-0.2, -0.15) is 5.48 Å². The van der Waals surface area contributed by atoms with Gasteiger partial charge in [0, 0.05) is 25.3 Å². The minimum Gasteiger partial charge on any atom is -0.505 e. The number of Topliss-reactive ketones (excluding diaryl/α,β-unsaturated/α-hetero) is 1. The zero-order valence-corrected chi connectivity index (χ0v) is 14.3. The summed E-state index contributed by atoms with van der Waals surface area (Å²) in [6.45, 7) is 5.00. The van der Waals surface area contributed by atoms with Crippen molar-refractivity contribution in [2.75, 3.05) is 6.61 Å². The second kappa shape index (κ2) is 7.44. The van der Waals surface area contributed by atoms with Gasteiger partial charge in [-0.3, -0.25) is 9.59 Å². The molecule has 24 heavy (non-hydrogen) atoms. The highest BCUT2D eigenvalue weighted by Crippen LogP contribution is 2.45. The number of phenols is 1. The first-order chi connectivity index (χ1) is 11.4. The van der Waals surface area contributed by atoms with Gasteiger partial charge in [0.1, 0.15) is 10.8 Å². The van der Waals surface area contributed by atoms with Crippen LogP contribution in [-0.4, -0.2) is 23.5 Å². The number of allylic oxidation sites excluding steroid dienone is 1. The number of phenolic OH excluding ortho intramolecular Hbond substituents is 1. The molecule has 1 aromatic rings. The van der Waals surface area contributed by atoms with E-state index in [9.17, 15) is 14.7 Å². The van der Waals surface area contributed by atoms with Crippen molar-refractivity contribution in [3.05, 3.63) is 33.9 Å². The highest BCUT2D eigenvalue weighted by molar-refractivity contribution is 6.34. The molecule has 0 aliphatic carbocycles. The lowest BCUT2D eigenvalue weighted by atomic mass is 10.0. The third kappa shape index (κ3) is 3.56. The molecule has 0 aromatic heterocycles. The van der Waals surface area contributed by atoms with E-state index in [1.54, 1.807) is 19.9 Å². The van der Waals surface area contributed by atoms with Gasteiger partial charge >= 0.3 is 5.97 Å². The lowest BCUT2D eigenvalue weighted by Gasteiger charge is -2.12. The summed E-state index contributed by atoms with van der Waals surface area (Å²) >= 11 is 6.12. The van der Waals surface area contributed by atoms with Gasteiger partial charge in [0.05, 0.1) is 12.2 Å². The number of hydroxylamine groups is 1. The van der Waals surface area contributed by atoms with E-state index in [4.69, 9.17) is 25.9 Å². The molecule has 1 aromatic carbocycles. The smallest absolute Gasteiger partial charge is 0.329 e. The van der Waals surface area contributed by atoms with E-state index in [0.717, 1.165) is 0 Å². The molecular weight excluding hydrogens is 338 g/mol. The normalized spacial score (nSPS) is 14.5.